The number of benzene rings is 2. The Morgan fingerprint density at radius 1 is 1.21 bits per heavy atom. The fourth-order valence-corrected chi connectivity index (χ4v) is 3.77. The van der Waals surface area contributed by atoms with Crippen molar-refractivity contribution in [2.24, 2.45) is 0 Å². The van der Waals surface area contributed by atoms with E-state index in [1.54, 1.807) is 18.1 Å². The lowest BCUT2D eigenvalue weighted by molar-refractivity contribution is 0.274. The number of thioether (sulfide) groups is 1. The van der Waals surface area contributed by atoms with E-state index in [4.69, 9.17) is 4.74 Å². The fraction of sp³-hybridized carbons (Fsp3) is 0.222. The first kappa shape index (κ1) is 15.7. The van der Waals surface area contributed by atoms with E-state index in [1.165, 1.54) is 10.5 Å². The molecule has 4 nitrogen and oxygen atoms in total. The molecular weight excluding hydrogens is 386 g/mol. The number of fused-ring (bicyclic) bond motifs is 2. The Morgan fingerprint density at radius 2 is 2.12 bits per heavy atom. The molecule has 24 heavy (non-hydrogen) atoms. The van der Waals surface area contributed by atoms with Crippen LogP contribution in [0.5, 0.6) is 5.75 Å². The maximum Gasteiger partial charge on any atom is 0.137 e. The molecular formula is C18H16BrN3OS. The quantitative estimate of drug-likeness (QED) is 0.622. The fourth-order valence-electron chi connectivity index (χ4n) is 2.96. The standard InChI is InChI=1S/C18H16BrN3OS/c1-24-12-3-5-17-13(9-12)16(6-7-23-17)22-18-14-8-11(19)2-4-15(14)20-10-21-18/h2-5,8-10,16H,6-7H2,1H3,(H,20,21,22). The summed E-state index contributed by atoms with van der Waals surface area (Å²) in [7, 11) is 0. The summed E-state index contributed by atoms with van der Waals surface area (Å²) in [6.45, 7) is 0.704. The van der Waals surface area contributed by atoms with E-state index in [-0.39, 0.29) is 6.04 Å². The van der Waals surface area contributed by atoms with Crippen LogP contribution in [0.3, 0.4) is 0 Å². The zero-order valence-corrected chi connectivity index (χ0v) is 15.5. The maximum atomic E-state index is 5.81. The van der Waals surface area contributed by atoms with Crippen molar-refractivity contribution in [3.8, 4) is 5.75 Å². The van der Waals surface area contributed by atoms with Crippen molar-refractivity contribution in [3.63, 3.8) is 0 Å². The van der Waals surface area contributed by atoms with Crippen molar-refractivity contribution < 1.29 is 4.74 Å². The van der Waals surface area contributed by atoms with Gasteiger partial charge in [0.25, 0.3) is 0 Å². The molecule has 0 radical (unpaired) electrons. The van der Waals surface area contributed by atoms with Gasteiger partial charge in [-0.3, -0.25) is 0 Å². The molecule has 0 fully saturated rings. The van der Waals surface area contributed by atoms with Crippen molar-refractivity contribution in [1.82, 2.24) is 9.97 Å². The number of rotatable bonds is 3. The zero-order valence-electron chi connectivity index (χ0n) is 13.1. The van der Waals surface area contributed by atoms with Crippen molar-refractivity contribution in [2.75, 3.05) is 18.2 Å². The summed E-state index contributed by atoms with van der Waals surface area (Å²) in [6.07, 6.45) is 4.60. The molecule has 0 bridgehead atoms. The topological polar surface area (TPSA) is 47.0 Å². The molecule has 0 aliphatic carbocycles. The predicted molar refractivity (Wildman–Crippen MR) is 102 cm³/mol. The highest BCUT2D eigenvalue weighted by molar-refractivity contribution is 9.10. The third-order valence-electron chi connectivity index (χ3n) is 4.16. The average Bonchev–Trinajstić information content (AvgIpc) is 2.62. The molecule has 1 aliphatic rings. The van der Waals surface area contributed by atoms with E-state index in [2.05, 4.69) is 61.7 Å². The third kappa shape index (κ3) is 2.96. The number of anilines is 1. The molecule has 3 aromatic rings. The largest absolute Gasteiger partial charge is 0.493 e. The Morgan fingerprint density at radius 3 is 3.00 bits per heavy atom. The van der Waals surface area contributed by atoms with E-state index in [0.29, 0.717) is 6.61 Å². The summed E-state index contributed by atoms with van der Waals surface area (Å²) in [5, 5.41) is 4.61. The second-order valence-electron chi connectivity index (χ2n) is 5.62. The Hall–Kier alpha value is -1.79. The lowest BCUT2D eigenvalue weighted by Crippen LogP contribution is -2.21. The van der Waals surface area contributed by atoms with Crippen LogP contribution in [0.15, 0.2) is 52.1 Å². The second-order valence-corrected chi connectivity index (χ2v) is 7.42. The van der Waals surface area contributed by atoms with Gasteiger partial charge in [-0.1, -0.05) is 15.9 Å². The van der Waals surface area contributed by atoms with Crippen LogP contribution in [0, 0.1) is 0 Å². The summed E-state index contributed by atoms with van der Waals surface area (Å²) >= 11 is 5.27. The van der Waals surface area contributed by atoms with E-state index in [0.717, 1.165) is 33.4 Å². The molecule has 4 rings (SSSR count). The van der Waals surface area contributed by atoms with Crippen LogP contribution in [0.4, 0.5) is 5.82 Å². The normalized spacial score (nSPS) is 16.5. The smallest absolute Gasteiger partial charge is 0.137 e. The Kier molecular flexibility index (Phi) is 4.33. The zero-order chi connectivity index (χ0) is 16.5. The third-order valence-corrected chi connectivity index (χ3v) is 5.38. The maximum absolute atomic E-state index is 5.81. The van der Waals surface area contributed by atoms with E-state index in [9.17, 15) is 0 Å². The van der Waals surface area contributed by atoms with Crippen molar-refractivity contribution in [2.45, 2.75) is 17.4 Å². The highest BCUT2D eigenvalue weighted by Gasteiger charge is 2.23. The molecule has 1 N–H and O–H groups in total. The number of ether oxygens (including phenoxy) is 1. The number of aromatic nitrogens is 2. The van der Waals surface area contributed by atoms with E-state index in [1.807, 2.05) is 12.1 Å². The van der Waals surface area contributed by atoms with Gasteiger partial charge in [-0.2, -0.15) is 0 Å². The number of hydrogen-bond donors (Lipinski definition) is 1. The molecule has 122 valence electrons. The van der Waals surface area contributed by atoms with Gasteiger partial charge in [0.05, 0.1) is 18.2 Å². The van der Waals surface area contributed by atoms with Crippen LogP contribution in [0.25, 0.3) is 10.9 Å². The lowest BCUT2D eigenvalue weighted by atomic mass is 10.0. The second kappa shape index (κ2) is 6.61. The van der Waals surface area contributed by atoms with Crippen LogP contribution >= 0.6 is 27.7 Å². The minimum atomic E-state index is 0.179. The number of nitrogens with one attached hydrogen (secondary N) is 1. The van der Waals surface area contributed by atoms with Gasteiger partial charge >= 0.3 is 0 Å². The van der Waals surface area contributed by atoms with Crippen molar-refractivity contribution >= 4 is 44.4 Å². The molecule has 0 spiro atoms. The van der Waals surface area contributed by atoms with Gasteiger partial charge in [-0.15, -0.1) is 11.8 Å². The predicted octanol–water partition coefficient (Wildman–Crippen LogP) is 5.05. The van der Waals surface area contributed by atoms with Crippen LogP contribution in [-0.4, -0.2) is 22.8 Å². The van der Waals surface area contributed by atoms with E-state index < -0.39 is 0 Å². The molecule has 2 aromatic carbocycles. The van der Waals surface area contributed by atoms with Gasteiger partial charge < -0.3 is 10.1 Å². The molecule has 1 aromatic heterocycles. The van der Waals surface area contributed by atoms with Gasteiger partial charge in [0.15, 0.2) is 0 Å². The highest BCUT2D eigenvalue weighted by Crippen LogP contribution is 2.37. The first-order chi connectivity index (χ1) is 11.7. The summed E-state index contributed by atoms with van der Waals surface area (Å²) in [4.78, 5) is 10.1. The molecule has 0 saturated heterocycles. The Bertz CT molecular complexity index is 903. The molecule has 0 amide bonds. The lowest BCUT2D eigenvalue weighted by Gasteiger charge is -2.28. The van der Waals surface area contributed by atoms with Gasteiger partial charge in [-0.25, -0.2) is 9.97 Å². The van der Waals surface area contributed by atoms with E-state index >= 15 is 0 Å². The van der Waals surface area contributed by atoms with Gasteiger partial charge in [0.1, 0.15) is 17.9 Å². The minimum absolute atomic E-state index is 0.179. The van der Waals surface area contributed by atoms with Crippen LogP contribution in [0.2, 0.25) is 0 Å². The molecule has 1 atom stereocenters. The summed E-state index contributed by atoms with van der Waals surface area (Å²) in [5.41, 5.74) is 2.12. The Balaban J connectivity index is 1.74. The van der Waals surface area contributed by atoms with Gasteiger partial charge in [0.2, 0.25) is 0 Å². The molecule has 0 saturated carbocycles. The molecule has 2 heterocycles. The minimum Gasteiger partial charge on any atom is -0.493 e. The van der Waals surface area contributed by atoms with Crippen molar-refractivity contribution in [1.29, 1.82) is 0 Å². The SMILES string of the molecule is CSc1ccc2c(c1)C(Nc1ncnc3ccc(Br)cc13)CCO2. The Labute approximate surface area is 153 Å². The molecule has 1 unspecified atom stereocenters. The molecule has 1 aliphatic heterocycles. The summed E-state index contributed by atoms with van der Waals surface area (Å²) in [6, 6.07) is 12.6. The average molecular weight is 402 g/mol. The van der Waals surface area contributed by atoms with Gasteiger partial charge in [-0.05, 0) is 42.7 Å². The van der Waals surface area contributed by atoms with Crippen LogP contribution < -0.4 is 10.1 Å². The van der Waals surface area contributed by atoms with Crippen LogP contribution in [0.1, 0.15) is 18.0 Å². The molecule has 6 heteroatoms. The number of hydrogen-bond acceptors (Lipinski definition) is 5. The first-order valence-electron chi connectivity index (χ1n) is 7.72. The monoisotopic (exact) mass is 401 g/mol. The first-order valence-corrected chi connectivity index (χ1v) is 9.74. The highest BCUT2D eigenvalue weighted by atomic mass is 79.9. The summed E-state index contributed by atoms with van der Waals surface area (Å²) in [5.74, 6) is 1.81. The summed E-state index contributed by atoms with van der Waals surface area (Å²) < 4.78 is 6.83. The number of nitrogens with zero attached hydrogens (tertiary/aromatic N) is 2. The van der Waals surface area contributed by atoms with Gasteiger partial charge in [0, 0.05) is 26.7 Å². The van der Waals surface area contributed by atoms with Crippen LogP contribution in [-0.2, 0) is 0 Å². The van der Waals surface area contributed by atoms with Crippen molar-refractivity contribution in [3.05, 3.63) is 52.8 Å². The number of halogens is 1.